The molecule has 1 aliphatic rings. The Kier molecular flexibility index (Phi) is 5.35. The molecule has 0 radical (unpaired) electrons. The van der Waals surface area contributed by atoms with Crippen LogP contribution in [-0.2, 0) is 4.79 Å². The van der Waals surface area contributed by atoms with E-state index in [-0.39, 0.29) is 22.8 Å². The van der Waals surface area contributed by atoms with Crippen molar-refractivity contribution >= 4 is 41.0 Å². The van der Waals surface area contributed by atoms with Gasteiger partial charge in [0.2, 0.25) is 0 Å². The Labute approximate surface area is 183 Å². The van der Waals surface area contributed by atoms with Gasteiger partial charge in [-0.1, -0.05) is 23.7 Å². The number of carboxylic acid groups (broad SMARTS) is 1. The van der Waals surface area contributed by atoms with Gasteiger partial charge in [0.1, 0.15) is 11.5 Å². The second-order valence-electron chi connectivity index (χ2n) is 6.69. The Hall–Kier alpha value is -3.85. The number of hydrogen-bond acceptors (Lipinski definition) is 4. The first-order valence-corrected chi connectivity index (χ1v) is 9.43. The van der Waals surface area contributed by atoms with Crippen LogP contribution in [0.5, 0.6) is 0 Å². The Bertz CT molecular complexity index is 1280. The first-order chi connectivity index (χ1) is 15.1. The molecule has 32 heavy (non-hydrogen) atoms. The normalized spacial score (nSPS) is 15.4. The molecule has 0 unspecified atom stereocenters. The summed E-state index contributed by atoms with van der Waals surface area (Å²) in [7, 11) is 0. The summed E-state index contributed by atoms with van der Waals surface area (Å²) >= 11 is 5.80. The van der Waals surface area contributed by atoms with E-state index in [9.17, 15) is 22.8 Å². The van der Waals surface area contributed by atoms with E-state index in [1.54, 1.807) is 6.07 Å². The molecule has 3 aromatic rings. The van der Waals surface area contributed by atoms with Crippen molar-refractivity contribution in [2.45, 2.75) is 6.18 Å². The molecular weight excluding hydrogens is 449 g/mol. The van der Waals surface area contributed by atoms with Crippen LogP contribution in [0.1, 0.15) is 16.1 Å². The average Bonchev–Trinajstić information content (AvgIpc) is 3.34. The Balaban J connectivity index is 1.71. The van der Waals surface area contributed by atoms with Crippen molar-refractivity contribution in [1.29, 1.82) is 0 Å². The van der Waals surface area contributed by atoms with Crippen LogP contribution in [0.15, 0.2) is 75.8 Å². The summed E-state index contributed by atoms with van der Waals surface area (Å²) in [6, 6.07) is 14.3. The number of carbonyl (C=O) groups is 2. The third-order valence-corrected chi connectivity index (χ3v) is 4.78. The van der Waals surface area contributed by atoms with Crippen LogP contribution in [0.3, 0.4) is 0 Å². The Morgan fingerprint density at radius 2 is 1.81 bits per heavy atom. The maximum absolute atomic E-state index is 13.6. The molecule has 4 rings (SSSR count). The maximum atomic E-state index is 13.6. The van der Waals surface area contributed by atoms with E-state index >= 15 is 0 Å². The van der Waals surface area contributed by atoms with Crippen molar-refractivity contribution in [2.75, 3.05) is 5.01 Å². The molecule has 0 saturated carbocycles. The highest BCUT2D eigenvalue weighted by molar-refractivity contribution is 6.34. The fourth-order valence-electron chi connectivity index (χ4n) is 3.04. The van der Waals surface area contributed by atoms with Gasteiger partial charge < -0.3 is 9.52 Å². The van der Waals surface area contributed by atoms with Crippen molar-refractivity contribution < 1.29 is 32.3 Å². The molecule has 6 nitrogen and oxygen atoms in total. The van der Waals surface area contributed by atoms with Gasteiger partial charge >= 0.3 is 12.1 Å². The number of aromatic carboxylic acids is 1. The van der Waals surface area contributed by atoms with Crippen LogP contribution in [0.4, 0.5) is 18.9 Å². The first kappa shape index (κ1) is 21.4. The molecule has 162 valence electrons. The third-order valence-electron chi connectivity index (χ3n) is 4.53. The van der Waals surface area contributed by atoms with Crippen LogP contribution in [0.2, 0.25) is 5.02 Å². The van der Waals surface area contributed by atoms with Gasteiger partial charge in [0, 0.05) is 10.6 Å². The minimum atomic E-state index is -4.88. The van der Waals surface area contributed by atoms with E-state index in [4.69, 9.17) is 21.1 Å². The largest absolute Gasteiger partial charge is 0.478 e. The molecule has 0 fully saturated rings. The van der Waals surface area contributed by atoms with Gasteiger partial charge in [-0.25, -0.2) is 4.79 Å². The predicted octanol–water partition coefficient (Wildman–Crippen LogP) is 5.65. The molecule has 0 spiro atoms. The lowest BCUT2D eigenvalue weighted by molar-refractivity contribution is -0.114. The molecule has 0 saturated heterocycles. The number of hydrogen-bond donors (Lipinski definition) is 1. The smallest absolute Gasteiger partial charge is 0.435 e. The van der Waals surface area contributed by atoms with E-state index in [0.717, 1.165) is 6.08 Å². The lowest BCUT2D eigenvalue weighted by atomic mass is 10.1. The van der Waals surface area contributed by atoms with Crippen molar-refractivity contribution in [2.24, 2.45) is 5.10 Å². The molecule has 10 heteroatoms. The summed E-state index contributed by atoms with van der Waals surface area (Å²) in [4.78, 5) is 23.9. The number of hydrazone groups is 1. The topological polar surface area (TPSA) is 83.1 Å². The third kappa shape index (κ3) is 4.15. The molecule has 1 amide bonds. The quantitative estimate of drug-likeness (QED) is 0.510. The highest BCUT2D eigenvalue weighted by Crippen LogP contribution is 2.34. The van der Waals surface area contributed by atoms with Crippen molar-refractivity contribution in [1.82, 2.24) is 0 Å². The van der Waals surface area contributed by atoms with Crippen LogP contribution < -0.4 is 5.01 Å². The summed E-state index contributed by atoms with van der Waals surface area (Å²) in [5.74, 6) is -1.92. The lowest BCUT2D eigenvalue weighted by Crippen LogP contribution is -2.25. The van der Waals surface area contributed by atoms with Crippen LogP contribution in [0, 0.1) is 0 Å². The van der Waals surface area contributed by atoms with Gasteiger partial charge in [-0.2, -0.15) is 23.3 Å². The molecule has 2 heterocycles. The second-order valence-corrected chi connectivity index (χ2v) is 7.12. The number of amides is 1. The zero-order valence-electron chi connectivity index (χ0n) is 15.9. The summed E-state index contributed by atoms with van der Waals surface area (Å²) in [6.07, 6.45) is -3.93. The van der Waals surface area contributed by atoms with Crippen molar-refractivity contribution in [3.8, 4) is 11.3 Å². The van der Waals surface area contributed by atoms with Gasteiger partial charge in [0.05, 0.1) is 16.8 Å². The number of anilines is 1. The number of rotatable bonds is 4. The zero-order chi connectivity index (χ0) is 23.0. The van der Waals surface area contributed by atoms with Crippen LogP contribution >= 0.6 is 11.6 Å². The highest BCUT2D eigenvalue weighted by atomic mass is 35.5. The number of carboxylic acids is 1. The lowest BCUT2D eigenvalue weighted by Gasteiger charge is -2.11. The Morgan fingerprint density at radius 3 is 2.47 bits per heavy atom. The zero-order valence-corrected chi connectivity index (χ0v) is 16.7. The predicted molar refractivity (Wildman–Crippen MR) is 112 cm³/mol. The monoisotopic (exact) mass is 460 g/mol. The number of furan rings is 1. The first-order valence-electron chi connectivity index (χ1n) is 9.05. The van der Waals surface area contributed by atoms with Gasteiger partial charge in [-0.15, -0.1) is 0 Å². The summed E-state index contributed by atoms with van der Waals surface area (Å²) in [6.45, 7) is 0. The molecule has 1 N–H and O–H groups in total. The molecule has 2 aromatic carbocycles. The number of halogens is 4. The van der Waals surface area contributed by atoms with E-state index in [0.29, 0.717) is 15.6 Å². The summed E-state index contributed by atoms with van der Waals surface area (Å²) in [5.41, 5.74) is -1.49. The van der Waals surface area contributed by atoms with Crippen LogP contribution in [-0.4, -0.2) is 28.9 Å². The SMILES string of the molecule is O=C(O)c1cccc(-c2ccc(C=C3C(=O)N(c4ccc(Cl)cc4)N=C3C(F)(F)F)o2)c1. The van der Waals surface area contributed by atoms with Gasteiger partial charge in [0.25, 0.3) is 5.91 Å². The van der Waals surface area contributed by atoms with Gasteiger partial charge in [-0.3, -0.25) is 4.79 Å². The van der Waals surface area contributed by atoms with Gasteiger partial charge in [-0.05, 0) is 54.6 Å². The minimum absolute atomic E-state index is 0.0230. The van der Waals surface area contributed by atoms with Crippen LogP contribution in [0.25, 0.3) is 17.4 Å². The molecular formula is C22H12ClF3N2O4. The molecule has 1 aliphatic heterocycles. The number of nitrogens with zero attached hydrogens (tertiary/aromatic N) is 2. The summed E-state index contributed by atoms with van der Waals surface area (Å²) < 4.78 is 46.3. The van der Waals surface area contributed by atoms with E-state index in [1.807, 2.05) is 0 Å². The molecule has 0 atom stereocenters. The number of alkyl halides is 3. The van der Waals surface area contributed by atoms with Gasteiger partial charge in [0.15, 0.2) is 5.71 Å². The molecule has 1 aromatic heterocycles. The fraction of sp³-hybridized carbons (Fsp3) is 0.0455. The van der Waals surface area contributed by atoms with Crippen molar-refractivity contribution in [3.63, 3.8) is 0 Å². The number of benzene rings is 2. The maximum Gasteiger partial charge on any atom is 0.435 e. The van der Waals surface area contributed by atoms with Crippen molar-refractivity contribution in [3.05, 3.63) is 82.6 Å². The second kappa shape index (κ2) is 8.01. The molecule has 0 bridgehead atoms. The number of carbonyl (C=O) groups excluding carboxylic acids is 1. The molecule has 0 aliphatic carbocycles. The Morgan fingerprint density at radius 1 is 1.09 bits per heavy atom. The fourth-order valence-corrected chi connectivity index (χ4v) is 3.17. The minimum Gasteiger partial charge on any atom is -0.478 e. The summed E-state index contributed by atoms with van der Waals surface area (Å²) in [5, 5.41) is 13.6. The standard InChI is InChI=1S/C22H12ClF3N2O4/c23-14-4-6-15(7-5-14)28-20(29)17(19(27-28)22(24,25)26)11-16-8-9-18(32-16)12-2-1-3-13(10-12)21(30)31/h1-11H,(H,30,31). The average molecular weight is 461 g/mol. The van der Waals surface area contributed by atoms with E-state index in [1.165, 1.54) is 54.6 Å². The van der Waals surface area contributed by atoms with E-state index < -0.39 is 29.3 Å². The van der Waals surface area contributed by atoms with E-state index in [2.05, 4.69) is 5.10 Å². The highest BCUT2D eigenvalue weighted by Gasteiger charge is 2.47.